The third-order valence-corrected chi connectivity index (χ3v) is 8.08. The van der Waals surface area contributed by atoms with E-state index in [1.165, 1.54) is 12.1 Å². The van der Waals surface area contributed by atoms with Gasteiger partial charge < -0.3 is 15.2 Å². The molecule has 2 heterocycles. The fourth-order valence-electron chi connectivity index (χ4n) is 5.69. The third-order valence-electron chi connectivity index (χ3n) is 8.08. The highest BCUT2D eigenvalue weighted by molar-refractivity contribution is 6.09. The Hall–Kier alpha value is -3.65. The van der Waals surface area contributed by atoms with Crippen LogP contribution in [0.5, 0.6) is 0 Å². The van der Waals surface area contributed by atoms with Gasteiger partial charge in [0.2, 0.25) is 0 Å². The molecule has 1 N–H and O–H groups in total. The minimum Gasteiger partial charge on any atom is -0.632 e. The number of hydrogen-bond acceptors (Lipinski definition) is 4. The van der Waals surface area contributed by atoms with Crippen LogP contribution in [0.3, 0.4) is 0 Å². The van der Waals surface area contributed by atoms with E-state index in [1.807, 2.05) is 67.7 Å². The van der Waals surface area contributed by atoms with Crippen molar-refractivity contribution in [1.82, 2.24) is 15.2 Å². The SMILES string of the molecule is CN1CC[N+]([O-])(Cc2c(-c3ccccc3)nc3ccccc3c2C(=O)NC(c2cccc(F)c2)C2CC2)CC1. The number of likely N-dealkylation sites (N-methyl/N-ethyl adjacent to an activating group) is 1. The number of nitrogens with one attached hydrogen (secondary N) is 1. The number of carbonyl (C=O) groups is 1. The number of fused-ring (bicyclic) bond motifs is 1. The molecule has 4 aromatic rings. The van der Waals surface area contributed by atoms with E-state index in [2.05, 4.69) is 10.2 Å². The number of amides is 1. The van der Waals surface area contributed by atoms with Gasteiger partial charge in [-0.2, -0.15) is 0 Å². The zero-order valence-corrected chi connectivity index (χ0v) is 22.1. The smallest absolute Gasteiger partial charge is 0.253 e. The molecule has 3 aromatic carbocycles. The fourth-order valence-corrected chi connectivity index (χ4v) is 5.69. The molecule has 1 aliphatic heterocycles. The van der Waals surface area contributed by atoms with Gasteiger partial charge in [0.05, 0.1) is 35.9 Å². The molecule has 1 saturated carbocycles. The lowest BCUT2D eigenvalue weighted by molar-refractivity contribution is -0.898. The topological polar surface area (TPSA) is 68.3 Å². The largest absolute Gasteiger partial charge is 0.632 e. The van der Waals surface area contributed by atoms with Crippen molar-refractivity contribution in [3.63, 3.8) is 0 Å². The highest BCUT2D eigenvalue weighted by Gasteiger charge is 2.36. The number of pyridine rings is 1. The number of hydroxylamine groups is 3. The molecule has 6 rings (SSSR count). The Labute approximate surface area is 228 Å². The summed E-state index contributed by atoms with van der Waals surface area (Å²) in [5.41, 5.74) is 4.17. The molecule has 0 spiro atoms. The average molecular weight is 525 g/mol. The van der Waals surface area contributed by atoms with E-state index in [0.717, 1.165) is 29.4 Å². The lowest BCUT2D eigenvalue weighted by Crippen LogP contribution is -2.54. The second-order valence-corrected chi connectivity index (χ2v) is 11.0. The summed E-state index contributed by atoms with van der Waals surface area (Å²) in [6.07, 6.45) is 1.96. The normalized spacial score (nSPS) is 18.1. The van der Waals surface area contributed by atoms with Gasteiger partial charge in [0.25, 0.3) is 5.91 Å². The summed E-state index contributed by atoms with van der Waals surface area (Å²) in [5, 5.41) is 18.0. The molecule has 2 fully saturated rings. The molecular weight excluding hydrogens is 491 g/mol. The molecule has 1 atom stereocenters. The van der Waals surface area contributed by atoms with Gasteiger partial charge in [-0.05, 0) is 49.6 Å². The van der Waals surface area contributed by atoms with Crippen molar-refractivity contribution in [2.24, 2.45) is 5.92 Å². The van der Waals surface area contributed by atoms with E-state index in [4.69, 9.17) is 4.98 Å². The monoisotopic (exact) mass is 524 g/mol. The number of quaternary nitrogens is 1. The van der Waals surface area contributed by atoms with E-state index in [1.54, 1.807) is 6.07 Å². The minimum atomic E-state index is -0.402. The molecule has 6 nitrogen and oxygen atoms in total. The predicted molar refractivity (Wildman–Crippen MR) is 151 cm³/mol. The van der Waals surface area contributed by atoms with Gasteiger partial charge in [0.15, 0.2) is 0 Å². The average Bonchev–Trinajstić information content (AvgIpc) is 3.79. The maximum absolute atomic E-state index is 14.3. The molecule has 200 valence electrons. The lowest BCUT2D eigenvalue weighted by Gasteiger charge is -2.48. The van der Waals surface area contributed by atoms with Crippen molar-refractivity contribution < 1.29 is 13.8 Å². The molecule has 1 aliphatic carbocycles. The summed E-state index contributed by atoms with van der Waals surface area (Å²) in [5.74, 6) is -0.305. The van der Waals surface area contributed by atoms with E-state index in [9.17, 15) is 14.4 Å². The quantitative estimate of drug-likeness (QED) is 0.249. The van der Waals surface area contributed by atoms with Crippen LogP contribution in [0.2, 0.25) is 0 Å². The van der Waals surface area contributed by atoms with Crippen molar-refractivity contribution in [2.75, 3.05) is 33.2 Å². The van der Waals surface area contributed by atoms with Crippen LogP contribution < -0.4 is 5.32 Å². The van der Waals surface area contributed by atoms with Crippen LogP contribution in [-0.4, -0.2) is 53.7 Å². The number of piperazine rings is 1. The van der Waals surface area contributed by atoms with Crippen LogP contribution in [0, 0.1) is 16.9 Å². The van der Waals surface area contributed by atoms with Crippen LogP contribution in [0.4, 0.5) is 4.39 Å². The molecule has 1 saturated heterocycles. The number of nitrogens with zero attached hydrogens (tertiary/aromatic N) is 3. The Kier molecular flexibility index (Phi) is 6.89. The molecule has 1 unspecified atom stereocenters. The Morgan fingerprint density at radius 3 is 2.49 bits per heavy atom. The van der Waals surface area contributed by atoms with Gasteiger partial charge in [-0.3, -0.25) is 9.69 Å². The van der Waals surface area contributed by atoms with Crippen molar-refractivity contribution >= 4 is 16.8 Å². The summed E-state index contributed by atoms with van der Waals surface area (Å²) in [7, 11) is 2.03. The summed E-state index contributed by atoms with van der Waals surface area (Å²) >= 11 is 0. The fraction of sp³-hybridized carbons (Fsp3) is 0.312. The number of para-hydroxylation sites is 1. The zero-order valence-electron chi connectivity index (χ0n) is 22.1. The summed E-state index contributed by atoms with van der Waals surface area (Å²) in [6.45, 7) is 2.47. The zero-order chi connectivity index (χ0) is 27.0. The lowest BCUT2D eigenvalue weighted by atomic mass is 9.94. The molecular formula is C32H33FN4O2. The molecule has 0 bridgehead atoms. The summed E-state index contributed by atoms with van der Waals surface area (Å²) < 4.78 is 13.8. The molecule has 39 heavy (non-hydrogen) atoms. The number of halogens is 1. The van der Waals surface area contributed by atoms with Crippen LogP contribution in [0.15, 0.2) is 78.9 Å². The van der Waals surface area contributed by atoms with Crippen molar-refractivity contribution in [2.45, 2.75) is 25.4 Å². The number of carbonyl (C=O) groups excluding carboxylic acids is 1. The second-order valence-electron chi connectivity index (χ2n) is 11.0. The highest BCUT2D eigenvalue weighted by atomic mass is 19.1. The third kappa shape index (κ3) is 5.43. The first-order valence-electron chi connectivity index (χ1n) is 13.7. The molecule has 1 amide bonds. The first-order valence-corrected chi connectivity index (χ1v) is 13.7. The first kappa shape index (κ1) is 25.6. The Morgan fingerprint density at radius 2 is 1.77 bits per heavy atom. The number of rotatable bonds is 7. The first-order chi connectivity index (χ1) is 18.9. The van der Waals surface area contributed by atoms with Gasteiger partial charge in [-0.1, -0.05) is 60.7 Å². The standard InChI is InChI=1S/C32H33FN4O2/c1-36-16-18-37(39,19-17-36)21-27-29(32(38)35-30(23-14-15-23)24-10-7-11-25(33)20-24)26-12-5-6-13-28(26)34-31(27)22-8-3-2-4-9-22/h2-13,20,23,30H,14-19,21H2,1H3,(H,35,38). The Bertz CT molecular complexity index is 1500. The Morgan fingerprint density at radius 1 is 1.05 bits per heavy atom. The number of benzene rings is 3. The van der Waals surface area contributed by atoms with Crippen molar-refractivity contribution in [3.05, 3.63) is 107 Å². The minimum absolute atomic E-state index is 0.159. The van der Waals surface area contributed by atoms with Gasteiger partial charge in [-0.25, -0.2) is 9.37 Å². The maximum Gasteiger partial charge on any atom is 0.253 e. The number of aromatic nitrogens is 1. The van der Waals surface area contributed by atoms with Gasteiger partial charge in [0.1, 0.15) is 12.4 Å². The van der Waals surface area contributed by atoms with Crippen LogP contribution >= 0.6 is 0 Å². The van der Waals surface area contributed by atoms with Crippen molar-refractivity contribution in [1.29, 1.82) is 0 Å². The van der Waals surface area contributed by atoms with Crippen LogP contribution in [0.25, 0.3) is 22.2 Å². The molecule has 2 aliphatic rings. The van der Waals surface area contributed by atoms with Gasteiger partial charge in [-0.15, -0.1) is 0 Å². The molecule has 7 heteroatoms. The van der Waals surface area contributed by atoms with Gasteiger partial charge in [0, 0.05) is 29.6 Å². The summed E-state index contributed by atoms with van der Waals surface area (Å²) in [6, 6.07) is 23.6. The van der Waals surface area contributed by atoms with Gasteiger partial charge >= 0.3 is 0 Å². The van der Waals surface area contributed by atoms with E-state index >= 15 is 0 Å². The summed E-state index contributed by atoms with van der Waals surface area (Å²) in [4.78, 5) is 21.5. The molecule has 1 aromatic heterocycles. The number of hydrogen-bond donors (Lipinski definition) is 1. The van der Waals surface area contributed by atoms with Crippen molar-refractivity contribution in [3.8, 4) is 11.3 Å². The van der Waals surface area contributed by atoms with Crippen LogP contribution in [-0.2, 0) is 6.54 Å². The maximum atomic E-state index is 14.3. The van der Waals surface area contributed by atoms with E-state index < -0.39 is 4.65 Å². The Balaban J connectivity index is 1.49. The van der Waals surface area contributed by atoms with Crippen LogP contribution in [0.1, 0.15) is 40.4 Å². The van der Waals surface area contributed by atoms with E-state index in [0.29, 0.717) is 48.5 Å². The predicted octanol–water partition coefficient (Wildman–Crippen LogP) is 5.68. The second kappa shape index (κ2) is 10.5. The van der Waals surface area contributed by atoms with E-state index in [-0.39, 0.29) is 30.2 Å². The highest BCUT2D eigenvalue weighted by Crippen LogP contribution is 2.42. The molecule has 0 radical (unpaired) electrons.